The molecule has 0 radical (unpaired) electrons. The second-order valence-corrected chi connectivity index (χ2v) is 4.60. The van der Waals surface area contributed by atoms with Crippen LogP contribution in [0.2, 0.25) is 0 Å². The molecule has 0 heterocycles. The van der Waals surface area contributed by atoms with Crippen LogP contribution in [-0.2, 0) is 10.2 Å². The lowest BCUT2D eigenvalue weighted by molar-refractivity contribution is 0.403. The molecule has 1 rings (SSSR count). The number of methoxy groups -OCH3 is 1. The Kier molecular flexibility index (Phi) is 3.84. The van der Waals surface area contributed by atoms with Crippen molar-refractivity contribution in [2.75, 3.05) is 7.11 Å². The lowest BCUT2D eigenvalue weighted by Crippen LogP contribution is -2.33. The normalized spacial score (nSPS) is 13.5. The van der Waals surface area contributed by atoms with E-state index in [0.29, 0.717) is 11.3 Å². The van der Waals surface area contributed by atoms with E-state index >= 15 is 0 Å². The molecule has 0 aliphatic heterocycles. The molecule has 1 aromatic carbocycles. The monoisotopic (exact) mass is 248 g/mol. The van der Waals surface area contributed by atoms with Crippen LogP contribution < -0.4 is 14.6 Å². The van der Waals surface area contributed by atoms with Crippen LogP contribution in [0.15, 0.2) is 18.2 Å². The summed E-state index contributed by atoms with van der Waals surface area (Å²) in [7, 11) is -2.42. The fourth-order valence-electron chi connectivity index (χ4n) is 1.35. The number of benzene rings is 1. The van der Waals surface area contributed by atoms with Crippen molar-refractivity contribution in [1.29, 1.82) is 0 Å². The van der Waals surface area contributed by atoms with Gasteiger partial charge in [0.1, 0.15) is 11.6 Å². The predicted molar refractivity (Wildman–Crippen MR) is 57.6 cm³/mol. The minimum absolute atomic E-state index is 0.386. The van der Waals surface area contributed by atoms with Crippen molar-refractivity contribution in [3.63, 3.8) is 0 Å². The third-order valence-corrected chi connectivity index (χ3v) is 2.68. The van der Waals surface area contributed by atoms with Gasteiger partial charge in [0.25, 0.3) is 10.2 Å². The Labute approximate surface area is 93.6 Å². The molecule has 5 nitrogen and oxygen atoms in total. The van der Waals surface area contributed by atoms with Gasteiger partial charge in [-0.05, 0) is 25.1 Å². The van der Waals surface area contributed by atoms with Crippen molar-refractivity contribution in [3.05, 3.63) is 29.6 Å². The Morgan fingerprint density at radius 3 is 2.62 bits per heavy atom. The first-order valence-electron chi connectivity index (χ1n) is 4.47. The van der Waals surface area contributed by atoms with E-state index in [-0.39, 0.29) is 0 Å². The minimum atomic E-state index is -3.84. The molecule has 7 heteroatoms. The van der Waals surface area contributed by atoms with Crippen LogP contribution in [0.3, 0.4) is 0 Å². The van der Waals surface area contributed by atoms with Crippen LogP contribution in [0.1, 0.15) is 18.5 Å². The fraction of sp³-hybridized carbons (Fsp3) is 0.333. The van der Waals surface area contributed by atoms with E-state index in [2.05, 4.69) is 4.72 Å². The molecule has 1 aromatic rings. The highest BCUT2D eigenvalue weighted by Gasteiger charge is 2.16. The van der Waals surface area contributed by atoms with Crippen LogP contribution in [0.4, 0.5) is 4.39 Å². The number of ether oxygens (including phenoxy) is 1. The number of nitrogens with one attached hydrogen (secondary N) is 1. The Balaban J connectivity index is 3.06. The molecule has 1 atom stereocenters. The van der Waals surface area contributed by atoms with Crippen LogP contribution in [0, 0.1) is 5.82 Å². The van der Waals surface area contributed by atoms with Crippen molar-refractivity contribution in [2.24, 2.45) is 5.14 Å². The number of nitrogens with two attached hydrogens (primary N) is 1. The summed E-state index contributed by atoms with van der Waals surface area (Å²) in [5.41, 5.74) is 0.386. The van der Waals surface area contributed by atoms with Crippen molar-refractivity contribution < 1.29 is 17.5 Å². The molecule has 1 unspecified atom stereocenters. The average molecular weight is 248 g/mol. The molecule has 0 amide bonds. The van der Waals surface area contributed by atoms with Crippen molar-refractivity contribution >= 4 is 10.2 Å². The molecular formula is C9H13FN2O3S. The molecule has 0 saturated heterocycles. The van der Waals surface area contributed by atoms with E-state index in [4.69, 9.17) is 9.88 Å². The molecule has 0 aliphatic rings. The van der Waals surface area contributed by atoms with E-state index in [9.17, 15) is 12.8 Å². The fourth-order valence-corrected chi connectivity index (χ4v) is 1.97. The van der Waals surface area contributed by atoms with Gasteiger partial charge in [-0.25, -0.2) is 9.53 Å². The molecule has 0 spiro atoms. The SMILES string of the molecule is COc1ccc(F)cc1C(C)NS(N)(=O)=O. The van der Waals surface area contributed by atoms with Gasteiger partial charge in [-0.2, -0.15) is 13.1 Å². The van der Waals surface area contributed by atoms with Crippen LogP contribution in [0.5, 0.6) is 5.75 Å². The van der Waals surface area contributed by atoms with Crippen molar-refractivity contribution in [1.82, 2.24) is 4.72 Å². The minimum Gasteiger partial charge on any atom is -0.496 e. The van der Waals surface area contributed by atoms with E-state index < -0.39 is 22.1 Å². The lowest BCUT2D eigenvalue weighted by Gasteiger charge is -2.15. The first-order chi connectivity index (χ1) is 7.33. The molecule has 0 fully saturated rings. The number of hydrogen-bond donors (Lipinski definition) is 2. The lowest BCUT2D eigenvalue weighted by atomic mass is 10.1. The first kappa shape index (κ1) is 12.9. The van der Waals surface area contributed by atoms with Gasteiger partial charge in [-0.3, -0.25) is 0 Å². The molecule has 0 bridgehead atoms. The molecule has 0 aromatic heterocycles. The summed E-state index contributed by atoms with van der Waals surface area (Å²) >= 11 is 0. The molecule has 0 aliphatic carbocycles. The molecule has 16 heavy (non-hydrogen) atoms. The Hall–Kier alpha value is -1.18. The average Bonchev–Trinajstić information content (AvgIpc) is 2.15. The maximum absolute atomic E-state index is 13.0. The van der Waals surface area contributed by atoms with Crippen LogP contribution in [-0.4, -0.2) is 15.5 Å². The second-order valence-electron chi connectivity index (χ2n) is 3.27. The molecule has 3 N–H and O–H groups in total. The zero-order valence-electron chi connectivity index (χ0n) is 8.90. The van der Waals surface area contributed by atoms with Crippen LogP contribution >= 0.6 is 0 Å². The molecular weight excluding hydrogens is 235 g/mol. The predicted octanol–water partition coefficient (Wildman–Crippen LogP) is 0.688. The number of hydrogen-bond acceptors (Lipinski definition) is 3. The third kappa shape index (κ3) is 3.44. The number of halogens is 1. The first-order valence-corrected chi connectivity index (χ1v) is 6.01. The summed E-state index contributed by atoms with van der Waals surface area (Å²) in [5.74, 6) is -0.0797. The molecule has 0 saturated carbocycles. The zero-order valence-corrected chi connectivity index (χ0v) is 9.71. The topological polar surface area (TPSA) is 81.4 Å². The highest BCUT2D eigenvalue weighted by atomic mass is 32.2. The van der Waals surface area contributed by atoms with E-state index in [1.165, 1.54) is 25.3 Å². The quantitative estimate of drug-likeness (QED) is 0.822. The Morgan fingerprint density at radius 2 is 2.12 bits per heavy atom. The van der Waals surface area contributed by atoms with Gasteiger partial charge in [0.2, 0.25) is 0 Å². The van der Waals surface area contributed by atoms with Gasteiger partial charge in [-0.1, -0.05) is 0 Å². The summed E-state index contributed by atoms with van der Waals surface area (Å²) in [6.07, 6.45) is 0. The van der Waals surface area contributed by atoms with Gasteiger partial charge in [0.05, 0.1) is 7.11 Å². The van der Waals surface area contributed by atoms with Gasteiger partial charge in [-0.15, -0.1) is 0 Å². The van der Waals surface area contributed by atoms with E-state index in [1.54, 1.807) is 6.92 Å². The third-order valence-electron chi connectivity index (χ3n) is 2.00. The highest BCUT2D eigenvalue weighted by Crippen LogP contribution is 2.25. The second kappa shape index (κ2) is 4.77. The largest absolute Gasteiger partial charge is 0.496 e. The van der Waals surface area contributed by atoms with Gasteiger partial charge >= 0.3 is 0 Å². The van der Waals surface area contributed by atoms with Gasteiger partial charge in [0.15, 0.2) is 0 Å². The number of rotatable bonds is 4. The maximum Gasteiger partial charge on any atom is 0.274 e. The molecule has 90 valence electrons. The van der Waals surface area contributed by atoms with Gasteiger partial charge < -0.3 is 4.74 Å². The summed E-state index contributed by atoms with van der Waals surface area (Å²) in [6.45, 7) is 1.54. The Bertz CT molecular complexity index is 476. The zero-order chi connectivity index (χ0) is 12.3. The summed E-state index contributed by atoms with van der Waals surface area (Å²) < 4.78 is 41.8. The van der Waals surface area contributed by atoms with Crippen LogP contribution in [0.25, 0.3) is 0 Å². The summed E-state index contributed by atoms with van der Waals surface area (Å²) in [6, 6.07) is 3.18. The smallest absolute Gasteiger partial charge is 0.274 e. The Morgan fingerprint density at radius 1 is 1.50 bits per heavy atom. The summed E-state index contributed by atoms with van der Waals surface area (Å²) in [5, 5.41) is 4.83. The van der Waals surface area contributed by atoms with Gasteiger partial charge in [0, 0.05) is 11.6 Å². The summed E-state index contributed by atoms with van der Waals surface area (Å²) in [4.78, 5) is 0. The van der Waals surface area contributed by atoms with Crippen molar-refractivity contribution in [2.45, 2.75) is 13.0 Å². The standard InChI is InChI=1S/C9H13FN2O3S/c1-6(12-16(11,13)14)8-5-7(10)3-4-9(8)15-2/h3-6,12H,1-2H3,(H2,11,13,14). The maximum atomic E-state index is 13.0. The van der Waals surface area contributed by atoms with Crippen molar-refractivity contribution in [3.8, 4) is 5.75 Å². The van der Waals surface area contributed by atoms with E-state index in [1.807, 2.05) is 0 Å². The van der Waals surface area contributed by atoms with E-state index in [0.717, 1.165) is 0 Å². The highest BCUT2D eigenvalue weighted by molar-refractivity contribution is 7.87.